The Morgan fingerprint density at radius 3 is 2.38 bits per heavy atom. The fourth-order valence-corrected chi connectivity index (χ4v) is 6.05. The molecule has 1 aromatic heterocycles. The minimum atomic E-state index is -0.656. The van der Waals surface area contributed by atoms with Gasteiger partial charge in [0.25, 0.3) is 0 Å². The molecule has 11 heteroatoms. The number of aryl methyl sites for hydroxylation is 3. The minimum absolute atomic E-state index is 0.0316. The van der Waals surface area contributed by atoms with Crippen molar-refractivity contribution in [1.29, 1.82) is 0 Å². The number of hydrogen-bond donors (Lipinski definition) is 1. The molecule has 1 fully saturated rings. The summed E-state index contributed by atoms with van der Waals surface area (Å²) in [5.74, 6) is 0.567. The van der Waals surface area contributed by atoms with Gasteiger partial charge < -0.3 is 15.0 Å². The van der Waals surface area contributed by atoms with Crippen LogP contribution in [-0.2, 0) is 6.54 Å². The van der Waals surface area contributed by atoms with E-state index >= 15 is 4.39 Å². The third-order valence-corrected chi connectivity index (χ3v) is 8.78. The van der Waals surface area contributed by atoms with Crippen molar-refractivity contribution in [2.75, 3.05) is 35.3 Å². The Balaban J connectivity index is 1.42. The molecule has 45 heavy (non-hydrogen) atoms. The number of nitrogens with zero attached hydrogens (tertiary/aromatic N) is 5. The van der Waals surface area contributed by atoms with Gasteiger partial charge in [-0.15, -0.1) is 0 Å². The van der Waals surface area contributed by atoms with Crippen LogP contribution in [0.4, 0.5) is 32.3 Å². The normalized spacial score (nSPS) is 16.9. The molecule has 2 heterocycles. The van der Waals surface area contributed by atoms with E-state index < -0.39 is 6.09 Å². The van der Waals surface area contributed by atoms with E-state index in [2.05, 4.69) is 46.0 Å². The highest BCUT2D eigenvalue weighted by Gasteiger charge is 2.28. The molecule has 236 valence electrons. The molecule has 0 bridgehead atoms. The Morgan fingerprint density at radius 2 is 1.71 bits per heavy atom. The van der Waals surface area contributed by atoms with E-state index in [-0.39, 0.29) is 24.1 Å². The van der Waals surface area contributed by atoms with Crippen LogP contribution in [0.15, 0.2) is 60.8 Å². The molecule has 0 radical (unpaired) electrons. The zero-order valence-corrected chi connectivity index (χ0v) is 27.7. The van der Waals surface area contributed by atoms with Gasteiger partial charge in [-0.1, -0.05) is 40.9 Å². The zero-order chi connectivity index (χ0) is 32.4. The maximum Gasteiger partial charge on any atom is 0.421 e. The summed E-state index contributed by atoms with van der Waals surface area (Å²) in [5, 5.41) is 3.99. The second-order valence-electron chi connectivity index (χ2n) is 11.7. The predicted octanol–water partition coefficient (Wildman–Crippen LogP) is 8.33. The maximum atomic E-state index is 15.4. The van der Waals surface area contributed by atoms with Crippen LogP contribution in [-0.4, -0.2) is 53.2 Å². The van der Waals surface area contributed by atoms with Gasteiger partial charge in [0.15, 0.2) is 0 Å². The number of benzene rings is 3. The van der Waals surface area contributed by atoms with Crippen LogP contribution in [0.5, 0.6) is 5.75 Å². The first kappa shape index (κ1) is 32.5. The van der Waals surface area contributed by atoms with E-state index in [4.69, 9.17) is 27.9 Å². The highest BCUT2D eigenvalue weighted by atomic mass is 35.5. The van der Waals surface area contributed by atoms with Crippen LogP contribution in [0.3, 0.4) is 0 Å². The summed E-state index contributed by atoms with van der Waals surface area (Å²) in [6, 6.07) is 16.1. The van der Waals surface area contributed by atoms with Gasteiger partial charge >= 0.3 is 6.09 Å². The maximum absolute atomic E-state index is 15.4. The molecular weight excluding hydrogens is 614 g/mol. The smallest absolute Gasteiger partial charge is 0.409 e. The van der Waals surface area contributed by atoms with Crippen LogP contribution in [0.1, 0.15) is 36.1 Å². The molecule has 0 aliphatic carbocycles. The fourth-order valence-electron chi connectivity index (χ4n) is 5.68. The van der Waals surface area contributed by atoms with E-state index in [0.29, 0.717) is 44.8 Å². The predicted molar refractivity (Wildman–Crippen MR) is 180 cm³/mol. The lowest BCUT2D eigenvalue weighted by Crippen LogP contribution is -2.55. The molecule has 1 aliphatic rings. The first-order valence-corrected chi connectivity index (χ1v) is 15.5. The average molecular weight is 652 g/mol. The minimum Gasteiger partial charge on any atom is -0.409 e. The molecule has 4 aromatic rings. The monoisotopic (exact) mass is 650 g/mol. The lowest BCUT2D eigenvalue weighted by Gasteiger charge is -2.43. The van der Waals surface area contributed by atoms with Gasteiger partial charge in [0, 0.05) is 47.1 Å². The Hall–Kier alpha value is -3.92. The van der Waals surface area contributed by atoms with E-state index in [1.165, 1.54) is 17.2 Å². The van der Waals surface area contributed by atoms with Crippen molar-refractivity contribution in [2.24, 2.45) is 0 Å². The van der Waals surface area contributed by atoms with Gasteiger partial charge in [0.2, 0.25) is 5.95 Å². The number of likely N-dealkylation sites (N-methyl/N-ethyl adjacent to an activating group) is 1. The van der Waals surface area contributed by atoms with Crippen molar-refractivity contribution in [3.05, 3.63) is 98.9 Å². The summed E-state index contributed by atoms with van der Waals surface area (Å²) in [4.78, 5) is 28.4. The van der Waals surface area contributed by atoms with Crippen molar-refractivity contribution in [1.82, 2.24) is 14.9 Å². The summed E-state index contributed by atoms with van der Waals surface area (Å²) in [6.45, 7) is 11.6. The Bertz CT molecular complexity index is 1690. The van der Waals surface area contributed by atoms with Gasteiger partial charge in [-0.05, 0) is 101 Å². The number of rotatable bonds is 7. The van der Waals surface area contributed by atoms with E-state index in [1.807, 2.05) is 32.9 Å². The number of hydrogen-bond acceptors (Lipinski definition) is 7. The van der Waals surface area contributed by atoms with E-state index in [9.17, 15) is 4.79 Å². The molecule has 5 rings (SSSR count). The molecular formula is C34H37Cl2FN6O2. The van der Waals surface area contributed by atoms with Gasteiger partial charge in [-0.25, -0.2) is 14.2 Å². The lowest BCUT2D eigenvalue weighted by atomic mass is 10.1. The number of carbonyl (C=O) groups is 1. The first-order valence-electron chi connectivity index (χ1n) is 14.8. The number of carbonyl (C=O) groups excluding carboxylic acids is 1. The third kappa shape index (κ3) is 7.49. The van der Waals surface area contributed by atoms with Gasteiger partial charge in [-0.2, -0.15) is 4.98 Å². The van der Waals surface area contributed by atoms with Crippen LogP contribution in [0.2, 0.25) is 10.0 Å². The molecule has 8 nitrogen and oxygen atoms in total. The summed E-state index contributed by atoms with van der Waals surface area (Å²) in [7, 11) is 2.10. The molecule has 1 aliphatic heterocycles. The summed E-state index contributed by atoms with van der Waals surface area (Å²) >= 11 is 12.7. The van der Waals surface area contributed by atoms with Crippen molar-refractivity contribution < 1.29 is 13.9 Å². The fraction of sp³-hybridized carbons (Fsp3) is 0.324. The van der Waals surface area contributed by atoms with Gasteiger partial charge in [0.1, 0.15) is 17.4 Å². The van der Waals surface area contributed by atoms with Crippen LogP contribution < -0.4 is 19.9 Å². The Morgan fingerprint density at radius 1 is 1.02 bits per heavy atom. The topological polar surface area (TPSA) is 73.8 Å². The van der Waals surface area contributed by atoms with Crippen molar-refractivity contribution in [3.8, 4) is 5.75 Å². The van der Waals surface area contributed by atoms with Crippen LogP contribution in [0, 0.1) is 26.6 Å². The number of ether oxygens (including phenoxy) is 1. The molecule has 1 saturated heterocycles. The Kier molecular flexibility index (Phi) is 9.82. The highest BCUT2D eigenvalue weighted by Crippen LogP contribution is 2.30. The number of amides is 1. The number of aromatic nitrogens is 2. The summed E-state index contributed by atoms with van der Waals surface area (Å²) in [6.07, 6.45) is 0.863. The number of nitrogens with one attached hydrogen (secondary N) is 1. The third-order valence-electron chi connectivity index (χ3n) is 8.17. The number of halogens is 3. The molecule has 0 unspecified atom stereocenters. The second kappa shape index (κ2) is 13.6. The van der Waals surface area contributed by atoms with Crippen molar-refractivity contribution >= 4 is 52.4 Å². The Labute approximate surface area is 273 Å². The average Bonchev–Trinajstić information content (AvgIpc) is 2.98. The van der Waals surface area contributed by atoms with Gasteiger partial charge in [-0.3, -0.25) is 9.80 Å². The summed E-state index contributed by atoms with van der Waals surface area (Å²) in [5.41, 5.74) is 4.36. The summed E-state index contributed by atoms with van der Waals surface area (Å²) < 4.78 is 21.3. The SMILES string of the molecule is Cc1cc(C)c(OC(=O)N(Cc2cc(Cl)ccc2Cl)c2ccnc(Nc3ccc(N4C[C@@H](C)N(C)[C@@H](C)C4)c(F)c3)n2)c(C)c1. The largest absolute Gasteiger partial charge is 0.421 e. The lowest BCUT2D eigenvalue weighted by molar-refractivity contribution is 0.169. The molecule has 1 N–H and O–H groups in total. The molecule has 3 aromatic carbocycles. The standard InChI is InChI=1S/C34H37Cl2FN6O2/c1-20-13-21(2)32(22(3)14-20)45-34(44)43(19-25-15-26(35)7-9-28(25)36)31-11-12-38-33(40-31)39-27-8-10-30(29(37)16-27)42-17-23(4)41(6)24(5)18-42/h7-16,23-24H,17-19H2,1-6H3,(H,38,39,40)/t23-,24+. The number of piperazine rings is 1. The molecule has 1 amide bonds. The molecule has 2 atom stereocenters. The number of anilines is 4. The molecule has 0 spiro atoms. The van der Waals surface area contributed by atoms with Crippen molar-refractivity contribution in [2.45, 2.75) is 53.2 Å². The highest BCUT2D eigenvalue weighted by molar-refractivity contribution is 6.33. The van der Waals surface area contributed by atoms with E-state index in [0.717, 1.165) is 29.8 Å². The molecule has 0 saturated carbocycles. The second-order valence-corrected chi connectivity index (χ2v) is 12.6. The quantitative estimate of drug-likeness (QED) is 0.215. The van der Waals surface area contributed by atoms with E-state index in [1.54, 1.807) is 36.4 Å². The zero-order valence-electron chi connectivity index (χ0n) is 26.2. The van der Waals surface area contributed by atoms with Crippen LogP contribution in [0.25, 0.3) is 0 Å². The van der Waals surface area contributed by atoms with Gasteiger partial charge in [0.05, 0.1) is 12.2 Å². The first-order chi connectivity index (χ1) is 21.4. The van der Waals surface area contributed by atoms with Crippen LogP contribution >= 0.6 is 23.2 Å². The van der Waals surface area contributed by atoms with Crippen molar-refractivity contribution in [3.63, 3.8) is 0 Å².